The molecule has 0 amide bonds. The van der Waals surface area contributed by atoms with E-state index in [4.69, 9.17) is 14.2 Å². The number of piperidine rings is 1. The summed E-state index contributed by atoms with van der Waals surface area (Å²) < 4.78 is 43.2. The second kappa shape index (κ2) is 9.95. The Hall–Kier alpha value is -2.58. The number of rotatable bonds is 8. The molecule has 2 aromatic carbocycles. The van der Waals surface area contributed by atoms with Gasteiger partial charge >= 0.3 is 5.97 Å². The van der Waals surface area contributed by atoms with Crippen molar-refractivity contribution in [2.24, 2.45) is 5.92 Å². The minimum atomic E-state index is -3.67. The summed E-state index contributed by atoms with van der Waals surface area (Å²) in [6, 6.07) is 13.9. The van der Waals surface area contributed by atoms with Crippen molar-refractivity contribution < 1.29 is 27.4 Å². The largest absolute Gasteiger partial charge is 0.497 e. The third-order valence-corrected chi connectivity index (χ3v) is 6.97. The van der Waals surface area contributed by atoms with Crippen LogP contribution in [0.25, 0.3) is 0 Å². The number of ether oxygens (including phenoxy) is 3. The van der Waals surface area contributed by atoms with Crippen LogP contribution < -0.4 is 9.47 Å². The third kappa shape index (κ3) is 5.31. The Bertz CT molecular complexity index is 958. The van der Waals surface area contributed by atoms with Gasteiger partial charge in [-0.2, -0.15) is 4.31 Å². The van der Waals surface area contributed by atoms with Crippen LogP contribution in [0.2, 0.25) is 0 Å². The predicted molar refractivity (Wildman–Crippen MR) is 112 cm³/mol. The SMILES string of the molecule is COc1ccc(S(=O)(=O)N2CCCC(C(=O)OCCOc3ccccc3C)C2)cc1. The first-order valence-electron chi connectivity index (χ1n) is 9.91. The highest BCUT2D eigenvalue weighted by molar-refractivity contribution is 7.89. The lowest BCUT2D eigenvalue weighted by molar-refractivity contribution is -0.150. The summed E-state index contributed by atoms with van der Waals surface area (Å²) in [5.41, 5.74) is 1.01. The van der Waals surface area contributed by atoms with Gasteiger partial charge in [-0.05, 0) is 55.7 Å². The number of esters is 1. The molecule has 1 unspecified atom stereocenters. The molecule has 1 atom stereocenters. The minimum Gasteiger partial charge on any atom is -0.497 e. The van der Waals surface area contributed by atoms with E-state index in [0.717, 1.165) is 11.3 Å². The zero-order chi connectivity index (χ0) is 21.6. The van der Waals surface area contributed by atoms with Gasteiger partial charge in [0.05, 0.1) is 17.9 Å². The molecule has 2 aromatic rings. The van der Waals surface area contributed by atoms with Crippen molar-refractivity contribution in [3.63, 3.8) is 0 Å². The maximum Gasteiger partial charge on any atom is 0.310 e. The Morgan fingerprint density at radius 3 is 2.53 bits per heavy atom. The fourth-order valence-electron chi connectivity index (χ4n) is 3.38. The molecule has 0 bridgehead atoms. The molecule has 8 heteroatoms. The monoisotopic (exact) mass is 433 g/mol. The molecule has 0 saturated carbocycles. The van der Waals surface area contributed by atoms with Crippen LogP contribution in [0, 0.1) is 12.8 Å². The van der Waals surface area contributed by atoms with Crippen molar-refractivity contribution in [3.8, 4) is 11.5 Å². The summed E-state index contributed by atoms with van der Waals surface area (Å²) in [4.78, 5) is 12.6. The minimum absolute atomic E-state index is 0.117. The highest BCUT2D eigenvalue weighted by atomic mass is 32.2. The number of aryl methyl sites for hydroxylation is 1. The lowest BCUT2D eigenvalue weighted by Gasteiger charge is -2.30. The summed E-state index contributed by atoms with van der Waals surface area (Å²) in [6.07, 6.45) is 1.21. The average Bonchev–Trinajstić information content (AvgIpc) is 2.77. The van der Waals surface area contributed by atoms with Gasteiger partial charge in [0.25, 0.3) is 0 Å². The summed E-state index contributed by atoms with van der Waals surface area (Å²) >= 11 is 0. The number of para-hydroxylation sites is 1. The van der Waals surface area contributed by atoms with Gasteiger partial charge in [-0.15, -0.1) is 0 Å². The normalized spacial score (nSPS) is 17.3. The number of hydrogen-bond acceptors (Lipinski definition) is 6. The van der Waals surface area contributed by atoms with Crippen LogP contribution in [-0.4, -0.2) is 52.1 Å². The van der Waals surface area contributed by atoms with E-state index in [0.29, 0.717) is 25.1 Å². The second-order valence-corrected chi connectivity index (χ2v) is 9.10. The molecule has 0 spiro atoms. The Morgan fingerprint density at radius 2 is 1.83 bits per heavy atom. The van der Waals surface area contributed by atoms with E-state index in [1.54, 1.807) is 12.1 Å². The van der Waals surface area contributed by atoms with Crippen molar-refractivity contribution in [2.45, 2.75) is 24.7 Å². The van der Waals surface area contributed by atoms with Crippen molar-refractivity contribution in [3.05, 3.63) is 54.1 Å². The van der Waals surface area contributed by atoms with Crippen LogP contribution in [0.1, 0.15) is 18.4 Å². The number of nitrogens with zero attached hydrogens (tertiary/aromatic N) is 1. The van der Waals surface area contributed by atoms with Gasteiger partial charge in [0.1, 0.15) is 24.7 Å². The van der Waals surface area contributed by atoms with Crippen molar-refractivity contribution >= 4 is 16.0 Å². The van der Waals surface area contributed by atoms with Gasteiger partial charge < -0.3 is 14.2 Å². The molecule has 7 nitrogen and oxygen atoms in total. The summed E-state index contributed by atoms with van der Waals surface area (Å²) in [6.45, 7) is 2.81. The van der Waals surface area contributed by atoms with Crippen molar-refractivity contribution in [2.75, 3.05) is 33.4 Å². The number of sulfonamides is 1. The zero-order valence-electron chi connectivity index (χ0n) is 17.2. The van der Waals surface area contributed by atoms with E-state index in [1.165, 1.54) is 23.5 Å². The third-order valence-electron chi connectivity index (χ3n) is 5.09. The quantitative estimate of drug-likeness (QED) is 0.470. The zero-order valence-corrected chi connectivity index (χ0v) is 18.1. The van der Waals surface area contributed by atoms with Gasteiger partial charge in [-0.3, -0.25) is 4.79 Å². The fourth-order valence-corrected chi connectivity index (χ4v) is 4.90. The molecule has 3 rings (SSSR count). The van der Waals surface area contributed by atoms with Crippen LogP contribution >= 0.6 is 0 Å². The smallest absolute Gasteiger partial charge is 0.310 e. The summed E-state index contributed by atoms with van der Waals surface area (Å²) in [5, 5.41) is 0. The number of carbonyl (C=O) groups excluding carboxylic acids is 1. The van der Waals surface area contributed by atoms with E-state index in [-0.39, 0.29) is 24.7 Å². The fraction of sp³-hybridized carbons (Fsp3) is 0.409. The molecule has 0 radical (unpaired) electrons. The molecule has 1 heterocycles. The highest BCUT2D eigenvalue weighted by Crippen LogP contribution is 2.26. The van der Waals surface area contributed by atoms with Crippen LogP contribution in [0.3, 0.4) is 0 Å². The molecule has 0 N–H and O–H groups in total. The molecule has 0 aromatic heterocycles. The first kappa shape index (κ1) is 22.1. The lowest BCUT2D eigenvalue weighted by atomic mass is 10.0. The molecule has 1 fully saturated rings. The lowest BCUT2D eigenvalue weighted by Crippen LogP contribution is -2.42. The van der Waals surface area contributed by atoms with E-state index in [2.05, 4.69) is 0 Å². The Morgan fingerprint density at radius 1 is 1.10 bits per heavy atom. The Kier molecular flexibility index (Phi) is 7.33. The number of benzene rings is 2. The molecule has 30 heavy (non-hydrogen) atoms. The standard InChI is InChI=1S/C22H27NO6S/c1-17-6-3-4-8-21(17)28-14-15-29-22(24)18-7-5-13-23(16-18)30(25,26)20-11-9-19(27-2)10-12-20/h3-4,6,8-12,18H,5,7,13-16H2,1-2H3. The molecule has 0 aliphatic carbocycles. The Labute approximate surface area is 177 Å². The molecule has 162 valence electrons. The maximum atomic E-state index is 12.9. The van der Waals surface area contributed by atoms with E-state index in [9.17, 15) is 13.2 Å². The molecule has 1 aliphatic heterocycles. The number of methoxy groups -OCH3 is 1. The first-order valence-corrected chi connectivity index (χ1v) is 11.3. The topological polar surface area (TPSA) is 82.1 Å². The second-order valence-electron chi connectivity index (χ2n) is 7.16. The predicted octanol–water partition coefficient (Wildman–Crippen LogP) is 3.03. The molecular formula is C22H27NO6S. The van der Waals surface area contributed by atoms with E-state index >= 15 is 0 Å². The van der Waals surface area contributed by atoms with Gasteiger partial charge in [0, 0.05) is 13.1 Å². The van der Waals surface area contributed by atoms with Gasteiger partial charge in [0.2, 0.25) is 10.0 Å². The van der Waals surface area contributed by atoms with Gasteiger partial charge in [-0.25, -0.2) is 8.42 Å². The van der Waals surface area contributed by atoms with E-state index in [1.807, 2.05) is 31.2 Å². The Balaban J connectivity index is 1.53. The molecular weight excluding hydrogens is 406 g/mol. The maximum absolute atomic E-state index is 12.9. The molecule has 1 saturated heterocycles. The van der Waals surface area contributed by atoms with Crippen LogP contribution in [0.5, 0.6) is 11.5 Å². The highest BCUT2D eigenvalue weighted by Gasteiger charge is 2.34. The van der Waals surface area contributed by atoms with Crippen LogP contribution in [0.15, 0.2) is 53.4 Å². The summed E-state index contributed by atoms with van der Waals surface area (Å²) in [5.74, 6) is 0.466. The number of carbonyl (C=O) groups is 1. The van der Waals surface area contributed by atoms with Gasteiger partial charge in [0.15, 0.2) is 0 Å². The number of hydrogen-bond donors (Lipinski definition) is 0. The average molecular weight is 434 g/mol. The van der Waals surface area contributed by atoms with Crippen LogP contribution in [0.4, 0.5) is 0 Å². The van der Waals surface area contributed by atoms with Gasteiger partial charge in [-0.1, -0.05) is 18.2 Å². The first-order chi connectivity index (χ1) is 14.4. The van der Waals surface area contributed by atoms with Crippen molar-refractivity contribution in [1.82, 2.24) is 4.31 Å². The van der Waals surface area contributed by atoms with Crippen molar-refractivity contribution in [1.29, 1.82) is 0 Å². The summed E-state index contributed by atoms with van der Waals surface area (Å²) in [7, 11) is -2.15. The van der Waals surface area contributed by atoms with Crippen LogP contribution in [-0.2, 0) is 19.6 Å². The van der Waals surface area contributed by atoms with E-state index < -0.39 is 21.9 Å². The molecule has 1 aliphatic rings.